The van der Waals surface area contributed by atoms with Crippen molar-refractivity contribution >= 4 is 39.8 Å². The highest BCUT2D eigenvalue weighted by molar-refractivity contribution is 14.0. The largest absolute Gasteiger partial charge is 0.376 e. The summed E-state index contributed by atoms with van der Waals surface area (Å²) in [6.07, 6.45) is 8.77. The molecule has 0 amide bonds. The van der Waals surface area contributed by atoms with E-state index in [9.17, 15) is 8.42 Å². The average Bonchev–Trinajstić information content (AvgIpc) is 2.73. The Morgan fingerprint density at radius 3 is 2.42 bits per heavy atom. The lowest BCUT2D eigenvalue weighted by molar-refractivity contribution is 0.0468. The minimum absolute atomic E-state index is 0. The van der Waals surface area contributed by atoms with E-state index < -0.39 is 9.84 Å². The van der Waals surface area contributed by atoms with E-state index in [1.807, 2.05) is 0 Å². The van der Waals surface area contributed by atoms with Crippen molar-refractivity contribution in [2.24, 2.45) is 10.9 Å². The van der Waals surface area contributed by atoms with Gasteiger partial charge in [-0.2, -0.15) is 0 Å². The van der Waals surface area contributed by atoms with Gasteiger partial charge in [-0.05, 0) is 25.2 Å². The monoisotopic (exact) mass is 473 g/mol. The molecule has 0 radical (unpaired) electrons. The smallest absolute Gasteiger partial charge is 0.191 e. The summed E-state index contributed by atoms with van der Waals surface area (Å²) in [4.78, 5) is 4.17. The lowest BCUT2D eigenvalue weighted by Crippen LogP contribution is -2.41. The Labute approximate surface area is 163 Å². The number of rotatable bonds is 6. The molecule has 2 fully saturated rings. The number of halogens is 1. The summed E-state index contributed by atoms with van der Waals surface area (Å²) in [5.41, 5.74) is 0. The standard InChI is InChI=1S/C16H31N3O3S.HI/c1-17-16(19-12-14-8-11-23(20,21)13-14)18-9-10-22-15-6-4-2-3-5-7-15;/h14-15H,2-13H2,1H3,(H2,17,18,19);1H. The quantitative estimate of drug-likeness (QED) is 0.203. The van der Waals surface area contributed by atoms with Crippen LogP contribution in [0.1, 0.15) is 44.9 Å². The van der Waals surface area contributed by atoms with Gasteiger partial charge >= 0.3 is 0 Å². The molecule has 1 heterocycles. The van der Waals surface area contributed by atoms with Crippen LogP contribution in [0.25, 0.3) is 0 Å². The van der Waals surface area contributed by atoms with E-state index in [0.717, 1.165) is 18.9 Å². The van der Waals surface area contributed by atoms with Crippen molar-refractivity contribution in [1.29, 1.82) is 0 Å². The fraction of sp³-hybridized carbons (Fsp3) is 0.938. The summed E-state index contributed by atoms with van der Waals surface area (Å²) in [6, 6.07) is 0. The number of hydrogen-bond donors (Lipinski definition) is 2. The van der Waals surface area contributed by atoms with Gasteiger partial charge in [-0.25, -0.2) is 8.42 Å². The van der Waals surface area contributed by atoms with Gasteiger partial charge in [0.1, 0.15) is 0 Å². The molecule has 6 nitrogen and oxygen atoms in total. The zero-order valence-corrected chi connectivity index (χ0v) is 17.8. The van der Waals surface area contributed by atoms with E-state index in [1.54, 1.807) is 7.05 Å². The highest BCUT2D eigenvalue weighted by Gasteiger charge is 2.27. The predicted molar refractivity (Wildman–Crippen MR) is 109 cm³/mol. The fourth-order valence-corrected chi connectivity index (χ4v) is 5.16. The lowest BCUT2D eigenvalue weighted by Gasteiger charge is -2.17. The van der Waals surface area contributed by atoms with E-state index in [4.69, 9.17) is 4.74 Å². The van der Waals surface area contributed by atoms with Crippen molar-refractivity contribution < 1.29 is 13.2 Å². The molecule has 1 unspecified atom stereocenters. The van der Waals surface area contributed by atoms with E-state index in [0.29, 0.717) is 30.8 Å². The van der Waals surface area contributed by atoms with Crippen molar-refractivity contribution in [3.63, 3.8) is 0 Å². The third-order valence-corrected chi connectivity index (χ3v) is 6.50. The number of ether oxygens (including phenoxy) is 1. The second kappa shape index (κ2) is 11.5. The summed E-state index contributed by atoms with van der Waals surface area (Å²) in [7, 11) is -1.08. The van der Waals surface area contributed by atoms with E-state index in [2.05, 4.69) is 15.6 Å². The predicted octanol–water partition coefficient (Wildman–Crippen LogP) is 1.94. The lowest BCUT2D eigenvalue weighted by atomic mass is 10.1. The van der Waals surface area contributed by atoms with Crippen LogP contribution in [0.2, 0.25) is 0 Å². The summed E-state index contributed by atoms with van der Waals surface area (Å²) in [5.74, 6) is 1.53. The Hall–Kier alpha value is -0.0900. The first kappa shape index (κ1) is 22.0. The number of nitrogens with zero attached hydrogens (tertiary/aromatic N) is 1. The molecule has 1 atom stereocenters. The molecule has 0 aromatic rings. The molecular formula is C16H32IN3O3S. The number of guanidine groups is 1. The number of sulfone groups is 1. The molecule has 2 rings (SSSR count). The van der Waals surface area contributed by atoms with Crippen LogP contribution in [0.4, 0.5) is 0 Å². The topological polar surface area (TPSA) is 79.8 Å². The molecule has 0 spiro atoms. The zero-order valence-electron chi connectivity index (χ0n) is 14.6. The van der Waals surface area contributed by atoms with Crippen LogP contribution >= 0.6 is 24.0 Å². The third kappa shape index (κ3) is 8.33. The Morgan fingerprint density at radius 2 is 1.83 bits per heavy atom. The molecule has 142 valence electrons. The molecule has 0 aromatic carbocycles. The Bertz CT molecular complexity index is 477. The second-order valence-corrected chi connectivity index (χ2v) is 8.86. The minimum atomic E-state index is -2.81. The first-order valence-corrected chi connectivity index (χ1v) is 10.7. The number of hydrogen-bond acceptors (Lipinski definition) is 4. The van der Waals surface area contributed by atoms with Crippen molar-refractivity contribution in [2.45, 2.75) is 51.0 Å². The Balaban J connectivity index is 0.00000288. The van der Waals surface area contributed by atoms with Crippen LogP contribution in [0, 0.1) is 5.92 Å². The molecular weight excluding hydrogens is 441 g/mol. The molecule has 8 heteroatoms. The highest BCUT2D eigenvalue weighted by atomic mass is 127. The molecule has 1 saturated carbocycles. The molecule has 1 aliphatic carbocycles. The normalized spacial score (nSPS) is 24.9. The molecule has 2 N–H and O–H groups in total. The second-order valence-electron chi connectivity index (χ2n) is 6.63. The minimum Gasteiger partial charge on any atom is -0.376 e. The van der Waals surface area contributed by atoms with Crippen LogP contribution in [0.15, 0.2) is 4.99 Å². The van der Waals surface area contributed by atoms with E-state index in [1.165, 1.54) is 38.5 Å². The van der Waals surface area contributed by atoms with Gasteiger partial charge in [0.05, 0.1) is 24.2 Å². The summed E-state index contributed by atoms with van der Waals surface area (Å²) >= 11 is 0. The Morgan fingerprint density at radius 1 is 1.12 bits per heavy atom. The first-order chi connectivity index (χ1) is 11.1. The van der Waals surface area contributed by atoms with Gasteiger partial charge < -0.3 is 15.4 Å². The highest BCUT2D eigenvalue weighted by Crippen LogP contribution is 2.19. The molecule has 0 aromatic heterocycles. The van der Waals surface area contributed by atoms with Gasteiger partial charge in [-0.1, -0.05) is 25.7 Å². The maximum atomic E-state index is 11.5. The summed E-state index contributed by atoms with van der Waals surface area (Å²) in [6.45, 7) is 2.06. The molecule has 24 heavy (non-hydrogen) atoms. The van der Waals surface area contributed by atoms with Crippen molar-refractivity contribution in [3.8, 4) is 0 Å². The van der Waals surface area contributed by atoms with Crippen molar-refractivity contribution in [3.05, 3.63) is 0 Å². The van der Waals surface area contributed by atoms with Gasteiger partial charge in [0.2, 0.25) is 0 Å². The van der Waals surface area contributed by atoms with Gasteiger partial charge in [0.15, 0.2) is 15.8 Å². The summed E-state index contributed by atoms with van der Waals surface area (Å²) < 4.78 is 28.8. The van der Waals surface area contributed by atoms with Crippen LogP contribution in [0.3, 0.4) is 0 Å². The molecule has 1 saturated heterocycles. The van der Waals surface area contributed by atoms with E-state index >= 15 is 0 Å². The van der Waals surface area contributed by atoms with Crippen LogP contribution in [0.5, 0.6) is 0 Å². The average molecular weight is 473 g/mol. The third-order valence-electron chi connectivity index (χ3n) is 4.66. The zero-order chi connectivity index (χ0) is 16.5. The van der Waals surface area contributed by atoms with Crippen molar-refractivity contribution in [1.82, 2.24) is 10.6 Å². The first-order valence-electron chi connectivity index (χ1n) is 8.85. The van der Waals surface area contributed by atoms with Crippen LogP contribution in [-0.2, 0) is 14.6 Å². The van der Waals surface area contributed by atoms with Gasteiger partial charge in [-0.3, -0.25) is 4.99 Å². The van der Waals surface area contributed by atoms with Crippen LogP contribution in [-0.4, -0.2) is 58.7 Å². The van der Waals surface area contributed by atoms with Gasteiger partial charge in [0.25, 0.3) is 0 Å². The van der Waals surface area contributed by atoms with Gasteiger partial charge in [0, 0.05) is 20.1 Å². The molecule has 2 aliphatic rings. The number of aliphatic imine (C=N–C) groups is 1. The van der Waals surface area contributed by atoms with E-state index in [-0.39, 0.29) is 29.9 Å². The number of nitrogens with one attached hydrogen (secondary N) is 2. The fourth-order valence-electron chi connectivity index (χ4n) is 3.30. The maximum absolute atomic E-state index is 11.5. The maximum Gasteiger partial charge on any atom is 0.191 e. The summed E-state index contributed by atoms with van der Waals surface area (Å²) in [5, 5.41) is 6.45. The van der Waals surface area contributed by atoms with Crippen molar-refractivity contribution in [2.75, 3.05) is 38.2 Å². The molecule has 1 aliphatic heterocycles. The SMILES string of the molecule is CN=C(NCCOC1CCCCCC1)NCC1CCS(=O)(=O)C1.I. The Kier molecular flexibility index (Phi) is 10.5. The van der Waals surface area contributed by atoms with Gasteiger partial charge in [-0.15, -0.1) is 24.0 Å². The molecule has 0 bridgehead atoms. The van der Waals surface area contributed by atoms with Crippen LogP contribution < -0.4 is 10.6 Å².